The number of hydrogen-bond donors (Lipinski definition) is 0. The van der Waals surface area contributed by atoms with Crippen molar-refractivity contribution in [1.29, 1.82) is 0 Å². The van der Waals surface area contributed by atoms with Gasteiger partial charge in [0.25, 0.3) is 5.91 Å². The molecule has 1 aliphatic heterocycles. The highest BCUT2D eigenvalue weighted by molar-refractivity contribution is 6.07. The zero-order chi connectivity index (χ0) is 14.8. The average molecular weight is 287 g/mol. The summed E-state index contributed by atoms with van der Waals surface area (Å²) in [6.45, 7) is 0.568. The molecule has 0 aliphatic carbocycles. The fraction of sp³-hybridized carbons (Fsp3) is 0.375. The quantitative estimate of drug-likeness (QED) is 0.797. The van der Waals surface area contributed by atoms with Crippen molar-refractivity contribution in [3.05, 3.63) is 36.1 Å². The van der Waals surface area contributed by atoms with Gasteiger partial charge in [0.1, 0.15) is 17.9 Å². The summed E-state index contributed by atoms with van der Waals surface area (Å²) in [7, 11) is 1.35. The molecule has 5 nitrogen and oxygen atoms in total. The third kappa shape index (κ3) is 2.39. The Bertz CT molecular complexity index is 676. The molecule has 1 fully saturated rings. The number of fused-ring (bicyclic) bond motifs is 1. The number of likely N-dealkylation sites (tertiary alicyclic amines) is 1. The second-order valence-electron chi connectivity index (χ2n) is 5.18. The van der Waals surface area contributed by atoms with E-state index in [4.69, 9.17) is 9.15 Å². The molecule has 1 amide bonds. The minimum atomic E-state index is -0.495. The smallest absolute Gasteiger partial charge is 0.328 e. The van der Waals surface area contributed by atoms with E-state index in [0.29, 0.717) is 24.1 Å². The molecule has 1 atom stereocenters. The Hall–Kier alpha value is -2.30. The number of nitrogens with zero attached hydrogens (tertiary/aromatic N) is 1. The Morgan fingerprint density at radius 3 is 2.90 bits per heavy atom. The van der Waals surface area contributed by atoms with Crippen molar-refractivity contribution in [2.75, 3.05) is 13.7 Å². The number of methoxy groups -OCH3 is 1. The van der Waals surface area contributed by atoms with Crippen LogP contribution in [-0.4, -0.2) is 36.5 Å². The lowest BCUT2D eigenvalue weighted by atomic mass is 10.0. The molecule has 0 saturated carbocycles. The minimum Gasteiger partial charge on any atom is -0.467 e. The number of para-hydroxylation sites is 1. The van der Waals surface area contributed by atoms with E-state index in [1.54, 1.807) is 4.90 Å². The molecule has 3 rings (SSSR count). The summed E-state index contributed by atoms with van der Waals surface area (Å²) in [6.07, 6.45) is 3.94. The summed E-state index contributed by atoms with van der Waals surface area (Å²) in [6, 6.07) is 6.90. The molecule has 1 aromatic carbocycles. The third-order valence-electron chi connectivity index (χ3n) is 3.95. The van der Waals surface area contributed by atoms with Gasteiger partial charge < -0.3 is 14.1 Å². The van der Waals surface area contributed by atoms with E-state index in [1.165, 1.54) is 13.4 Å². The predicted molar refractivity (Wildman–Crippen MR) is 76.9 cm³/mol. The number of esters is 1. The van der Waals surface area contributed by atoms with Gasteiger partial charge in [0.15, 0.2) is 0 Å². The molecule has 0 spiro atoms. The summed E-state index contributed by atoms with van der Waals surface area (Å²) >= 11 is 0. The maximum atomic E-state index is 12.8. The van der Waals surface area contributed by atoms with Crippen LogP contribution >= 0.6 is 0 Å². The number of piperidine rings is 1. The maximum Gasteiger partial charge on any atom is 0.328 e. The van der Waals surface area contributed by atoms with E-state index in [1.807, 2.05) is 24.3 Å². The lowest BCUT2D eigenvalue weighted by Gasteiger charge is -2.33. The molecule has 2 aromatic rings. The number of benzene rings is 1. The third-order valence-corrected chi connectivity index (χ3v) is 3.95. The first-order valence-corrected chi connectivity index (χ1v) is 7.07. The van der Waals surface area contributed by atoms with Gasteiger partial charge in [0.2, 0.25) is 0 Å². The Balaban J connectivity index is 1.94. The van der Waals surface area contributed by atoms with Crippen molar-refractivity contribution >= 4 is 22.8 Å². The van der Waals surface area contributed by atoms with Crippen molar-refractivity contribution < 1.29 is 18.7 Å². The summed E-state index contributed by atoms with van der Waals surface area (Å²) < 4.78 is 10.2. The fourth-order valence-electron chi connectivity index (χ4n) is 2.85. The van der Waals surface area contributed by atoms with E-state index in [2.05, 4.69) is 0 Å². The molecule has 21 heavy (non-hydrogen) atoms. The Labute approximate surface area is 122 Å². The monoisotopic (exact) mass is 287 g/mol. The van der Waals surface area contributed by atoms with E-state index in [0.717, 1.165) is 18.2 Å². The standard InChI is InChI=1S/C16H17NO4/c1-20-16(19)13-7-4-5-9-17(13)15(18)12-10-21-14-8-3-2-6-11(12)14/h2-3,6,8,10,13H,4-5,7,9H2,1H3. The molecular formula is C16H17NO4. The first-order chi connectivity index (χ1) is 10.2. The van der Waals surface area contributed by atoms with Gasteiger partial charge >= 0.3 is 5.97 Å². The van der Waals surface area contributed by atoms with Crippen LogP contribution in [-0.2, 0) is 9.53 Å². The number of rotatable bonds is 2. The highest BCUT2D eigenvalue weighted by Crippen LogP contribution is 2.26. The largest absolute Gasteiger partial charge is 0.467 e. The van der Waals surface area contributed by atoms with Crippen LogP contribution in [0.2, 0.25) is 0 Å². The number of furan rings is 1. The van der Waals surface area contributed by atoms with Crippen LogP contribution in [0.4, 0.5) is 0 Å². The van der Waals surface area contributed by atoms with Gasteiger partial charge in [-0.05, 0) is 25.3 Å². The second-order valence-corrected chi connectivity index (χ2v) is 5.18. The predicted octanol–water partition coefficient (Wildman–Crippen LogP) is 2.60. The highest BCUT2D eigenvalue weighted by atomic mass is 16.5. The van der Waals surface area contributed by atoms with Crippen molar-refractivity contribution in [3.8, 4) is 0 Å². The van der Waals surface area contributed by atoms with Crippen LogP contribution in [0.25, 0.3) is 11.0 Å². The summed E-state index contributed by atoms with van der Waals surface area (Å²) in [5.41, 5.74) is 1.17. The van der Waals surface area contributed by atoms with Crippen LogP contribution in [0.5, 0.6) is 0 Å². The number of amides is 1. The highest BCUT2D eigenvalue weighted by Gasteiger charge is 2.34. The first-order valence-electron chi connectivity index (χ1n) is 7.07. The zero-order valence-electron chi connectivity index (χ0n) is 11.9. The Kier molecular flexibility index (Phi) is 3.64. The molecule has 0 radical (unpaired) electrons. The van der Waals surface area contributed by atoms with Crippen molar-refractivity contribution in [2.45, 2.75) is 25.3 Å². The van der Waals surface area contributed by atoms with Crippen LogP contribution in [0.1, 0.15) is 29.6 Å². The normalized spacial score (nSPS) is 18.7. The fourth-order valence-corrected chi connectivity index (χ4v) is 2.85. The molecule has 0 bridgehead atoms. The number of hydrogen-bond acceptors (Lipinski definition) is 4. The molecule has 5 heteroatoms. The van der Waals surface area contributed by atoms with Crippen LogP contribution < -0.4 is 0 Å². The van der Waals surface area contributed by atoms with Gasteiger partial charge in [-0.1, -0.05) is 18.2 Å². The maximum absolute atomic E-state index is 12.8. The topological polar surface area (TPSA) is 59.8 Å². The molecule has 1 aromatic heterocycles. The van der Waals surface area contributed by atoms with E-state index < -0.39 is 6.04 Å². The molecule has 0 N–H and O–H groups in total. The zero-order valence-corrected chi connectivity index (χ0v) is 11.9. The SMILES string of the molecule is COC(=O)C1CCCCN1C(=O)c1coc2ccccc12. The lowest BCUT2D eigenvalue weighted by Crippen LogP contribution is -2.48. The Morgan fingerprint density at radius 2 is 2.10 bits per heavy atom. The van der Waals surface area contributed by atoms with Crippen LogP contribution in [0.15, 0.2) is 34.9 Å². The van der Waals surface area contributed by atoms with E-state index >= 15 is 0 Å². The molecular weight excluding hydrogens is 270 g/mol. The number of carbonyl (C=O) groups is 2. The number of ether oxygens (including phenoxy) is 1. The molecule has 1 aliphatic rings. The van der Waals surface area contributed by atoms with Gasteiger partial charge in [-0.2, -0.15) is 0 Å². The average Bonchev–Trinajstić information content (AvgIpc) is 2.97. The lowest BCUT2D eigenvalue weighted by molar-refractivity contribution is -0.147. The molecule has 1 saturated heterocycles. The second kappa shape index (κ2) is 5.60. The number of carbonyl (C=O) groups excluding carboxylic acids is 2. The molecule has 1 unspecified atom stereocenters. The van der Waals surface area contributed by atoms with Gasteiger partial charge in [-0.3, -0.25) is 4.79 Å². The molecule has 110 valence electrons. The first kappa shape index (κ1) is 13.7. The summed E-state index contributed by atoms with van der Waals surface area (Å²) in [5, 5.41) is 0.775. The van der Waals surface area contributed by atoms with Crippen LogP contribution in [0.3, 0.4) is 0 Å². The van der Waals surface area contributed by atoms with Gasteiger partial charge in [-0.25, -0.2) is 4.79 Å². The van der Waals surface area contributed by atoms with E-state index in [-0.39, 0.29) is 11.9 Å². The molecule has 2 heterocycles. The van der Waals surface area contributed by atoms with Crippen molar-refractivity contribution in [2.24, 2.45) is 0 Å². The Morgan fingerprint density at radius 1 is 1.29 bits per heavy atom. The summed E-state index contributed by atoms with van der Waals surface area (Å²) in [4.78, 5) is 26.2. The van der Waals surface area contributed by atoms with E-state index in [9.17, 15) is 9.59 Å². The van der Waals surface area contributed by atoms with Crippen molar-refractivity contribution in [3.63, 3.8) is 0 Å². The van der Waals surface area contributed by atoms with Gasteiger partial charge in [-0.15, -0.1) is 0 Å². The van der Waals surface area contributed by atoms with Gasteiger partial charge in [0.05, 0.1) is 12.7 Å². The van der Waals surface area contributed by atoms with Crippen molar-refractivity contribution in [1.82, 2.24) is 4.90 Å². The van der Waals surface area contributed by atoms with Gasteiger partial charge in [0, 0.05) is 11.9 Å². The van der Waals surface area contributed by atoms with Crippen LogP contribution in [0, 0.1) is 0 Å². The summed E-state index contributed by atoms with van der Waals surface area (Å²) in [5.74, 6) is -0.522. The minimum absolute atomic E-state index is 0.171.